The number of anilines is 1. The highest BCUT2D eigenvalue weighted by Crippen LogP contribution is 2.34. The zero-order valence-corrected chi connectivity index (χ0v) is 19.6. The Bertz CT molecular complexity index is 943. The number of rotatable bonds is 8. The maximum Gasteiger partial charge on any atom is 0.227 e. The summed E-state index contributed by atoms with van der Waals surface area (Å²) in [5.41, 5.74) is 1.79. The molecule has 1 saturated carbocycles. The average Bonchev–Trinajstić information content (AvgIpc) is 3.46. The predicted octanol–water partition coefficient (Wildman–Crippen LogP) is 3.60. The summed E-state index contributed by atoms with van der Waals surface area (Å²) >= 11 is 0. The van der Waals surface area contributed by atoms with Crippen molar-refractivity contribution >= 4 is 17.5 Å². The van der Waals surface area contributed by atoms with Crippen LogP contribution >= 0.6 is 0 Å². The lowest BCUT2D eigenvalue weighted by Crippen LogP contribution is -2.45. The Morgan fingerprint density at radius 3 is 2.52 bits per heavy atom. The van der Waals surface area contributed by atoms with E-state index in [4.69, 9.17) is 4.52 Å². The minimum atomic E-state index is -0.564. The van der Waals surface area contributed by atoms with E-state index in [0.717, 1.165) is 57.2 Å². The van der Waals surface area contributed by atoms with Crippen molar-refractivity contribution in [1.29, 1.82) is 0 Å². The number of carbonyl (C=O) groups is 2. The van der Waals surface area contributed by atoms with Crippen molar-refractivity contribution in [2.75, 3.05) is 18.0 Å². The molecule has 178 valence electrons. The van der Waals surface area contributed by atoms with Crippen molar-refractivity contribution in [3.8, 4) is 0 Å². The minimum absolute atomic E-state index is 0.0444. The molecule has 8 nitrogen and oxygen atoms in total. The molecule has 1 aliphatic carbocycles. The van der Waals surface area contributed by atoms with Crippen LogP contribution in [0.15, 0.2) is 28.8 Å². The van der Waals surface area contributed by atoms with Gasteiger partial charge in [-0.05, 0) is 37.3 Å². The maximum atomic E-state index is 12.5. The molecule has 1 saturated heterocycles. The van der Waals surface area contributed by atoms with Gasteiger partial charge in [0.15, 0.2) is 5.82 Å². The van der Waals surface area contributed by atoms with Crippen LogP contribution in [0.1, 0.15) is 82.0 Å². The summed E-state index contributed by atoms with van der Waals surface area (Å²) in [5.74, 6) is 0.843. The van der Waals surface area contributed by atoms with E-state index in [1.807, 2.05) is 12.1 Å². The molecule has 2 aliphatic rings. The van der Waals surface area contributed by atoms with E-state index < -0.39 is 5.54 Å². The van der Waals surface area contributed by atoms with Crippen molar-refractivity contribution in [1.82, 2.24) is 20.8 Å². The van der Waals surface area contributed by atoms with Gasteiger partial charge in [0.2, 0.25) is 17.7 Å². The molecule has 0 radical (unpaired) electrons. The second-order valence-electron chi connectivity index (χ2n) is 9.29. The third kappa shape index (κ3) is 5.92. The van der Waals surface area contributed by atoms with Gasteiger partial charge in [-0.15, -0.1) is 0 Å². The summed E-state index contributed by atoms with van der Waals surface area (Å²) in [6, 6.07) is 8.27. The highest BCUT2D eigenvalue weighted by Gasteiger charge is 2.38. The topological polar surface area (TPSA) is 100 Å². The van der Waals surface area contributed by atoms with E-state index in [1.165, 1.54) is 25.5 Å². The molecule has 33 heavy (non-hydrogen) atoms. The van der Waals surface area contributed by atoms with Crippen LogP contribution in [0, 0.1) is 0 Å². The third-order valence-corrected chi connectivity index (χ3v) is 6.75. The molecule has 2 aromatic rings. The first-order valence-corrected chi connectivity index (χ1v) is 12.3. The fraction of sp³-hybridized carbons (Fsp3) is 0.600. The van der Waals surface area contributed by atoms with Gasteiger partial charge in [-0.2, -0.15) is 4.98 Å². The Kier molecular flexibility index (Phi) is 7.62. The van der Waals surface area contributed by atoms with Gasteiger partial charge in [0.25, 0.3) is 0 Å². The molecule has 0 bridgehead atoms. The lowest BCUT2D eigenvalue weighted by Gasteiger charge is -2.30. The average molecular weight is 454 g/mol. The highest BCUT2D eigenvalue weighted by atomic mass is 16.5. The summed E-state index contributed by atoms with van der Waals surface area (Å²) in [5, 5.41) is 10.3. The molecule has 1 aliphatic heterocycles. The molecule has 2 fully saturated rings. The zero-order valence-electron chi connectivity index (χ0n) is 19.6. The lowest BCUT2D eigenvalue weighted by molar-refractivity contribution is -0.122. The number of hydrogen-bond donors (Lipinski definition) is 2. The molecule has 1 aromatic heterocycles. The largest absolute Gasteiger partial charge is 0.371 e. The van der Waals surface area contributed by atoms with Gasteiger partial charge in [0.1, 0.15) is 5.54 Å². The van der Waals surface area contributed by atoms with Crippen molar-refractivity contribution in [3.63, 3.8) is 0 Å². The molecule has 0 atom stereocenters. The Balaban J connectivity index is 1.33. The van der Waals surface area contributed by atoms with Crippen LogP contribution in [0.25, 0.3) is 0 Å². The van der Waals surface area contributed by atoms with Crippen molar-refractivity contribution in [2.24, 2.45) is 0 Å². The smallest absolute Gasteiger partial charge is 0.227 e. The van der Waals surface area contributed by atoms with Crippen LogP contribution in [0.4, 0.5) is 5.69 Å². The SMILES string of the molecule is CC(=O)NC1(c2noc(CCC(=O)NCc3ccccc3N3CCCC3)n2)CCCCCC1. The predicted molar refractivity (Wildman–Crippen MR) is 126 cm³/mol. The Labute approximate surface area is 195 Å². The van der Waals surface area contributed by atoms with E-state index in [1.54, 1.807) is 0 Å². The number of nitrogens with one attached hydrogen (secondary N) is 2. The van der Waals surface area contributed by atoms with Gasteiger partial charge in [-0.3, -0.25) is 9.59 Å². The van der Waals surface area contributed by atoms with Crippen LogP contribution in [0.3, 0.4) is 0 Å². The molecular weight excluding hydrogens is 418 g/mol. The molecule has 8 heteroatoms. The fourth-order valence-electron chi connectivity index (χ4n) is 5.05. The Hall–Kier alpha value is -2.90. The van der Waals surface area contributed by atoms with Crippen LogP contribution in [0.2, 0.25) is 0 Å². The van der Waals surface area contributed by atoms with Gasteiger partial charge >= 0.3 is 0 Å². The first-order valence-electron chi connectivity index (χ1n) is 12.3. The summed E-state index contributed by atoms with van der Waals surface area (Å²) in [6.45, 7) is 4.18. The number of benzene rings is 1. The summed E-state index contributed by atoms with van der Waals surface area (Å²) in [6.07, 6.45) is 9.04. The summed E-state index contributed by atoms with van der Waals surface area (Å²) in [4.78, 5) is 31.3. The standard InChI is InChI=1S/C25H35N5O3/c1-19(31)28-25(14-6-2-3-7-15-25)24-27-23(33-29-24)13-12-22(32)26-18-20-10-4-5-11-21(20)30-16-8-9-17-30/h4-5,10-11H,2-3,6-9,12-18H2,1H3,(H,26,32)(H,28,31). The quantitative estimate of drug-likeness (QED) is 0.593. The lowest BCUT2D eigenvalue weighted by atomic mass is 9.89. The molecule has 2 heterocycles. The van der Waals surface area contributed by atoms with Gasteiger partial charge in [0.05, 0.1) is 0 Å². The van der Waals surface area contributed by atoms with Crippen molar-refractivity contribution in [2.45, 2.75) is 83.2 Å². The number of nitrogens with zero attached hydrogens (tertiary/aromatic N) is 3. The van der Waals surface area contributed by atoms with E-state index >= 15 is 0 Å². The minimum Gasteiger partial charge on any atom is -0.371 e. The number of amides is 2. The Morgan fingerprint density at radius 2 is 1.79 bits per heavy atom. The van der Waals surface area contributed by atoms with Crippen molar-refractivity contribution in [3.05, 3.63) is 41.5 Å². The summed E-state index contributed by atoms with van der Waals surface area (Å²) < 4.78 is 5.47. The second kappa shape index (κ2) is 10.8. The Morgan fingerprint density at radius 1 is 1.06 bits per heavy atom. The van der Waals surface area contributed by atoms with E-state index in [-0.39, 0.29) is 18.2 Å². The number of aryl methyl sites for hydroxylation is 1. The van der Waals surface area contributed by atoms with Crippen LogP contribution < -0.4 is 15.5 Å². The van der Waals surface area contributed by atoms with E-state index in [0.29, 0.717) is 24.7 Å². The first-order chi connectivity index (χ1) is 16.1. The number of hydrogen-bond acceptors (Lipinski definition) is 6. The molecular formula is C25H35N5O3. The van der Waals surface area contributed by atoms with E-state index in [2.05, 4.69) is 37.8 Å². The fourth-order valence-corrected chi connectivity index (χ4v) is 5.05. The normalized spacial score (nSPS) is 18.0. The monoisotopic (exact) mass is 453 g/mol. The summed E-state index contributed by atoms with van der Waals surface area (Å²) in [7, 11) is 0. The molecule has 2 amide bonds. The van der Waals surface area contributed by atoms with E-state index in [9.17, 15) is 9.59 Å². The molecule has 0 unspecified atom stereocenters. The zero-order chi connectivity index (χ0) is 23.1. The van der Waals surface area contributed by atoms with Gasteiger partial charge in [-0.25, -0.2) is 0 Å². The van der Waals surface area contributed by atoms with Gasteiger partial charge < -0.3 is 20.1 Å². The molecule has 1 aromatic carbocycles. The highest BCUT2D eigenvalue weighted by molar-refractivity contribution is 5.76. The molecule has 0 spiro atoms. The number of para-hydroxylation sites is 1. The van der Waals surface area contributed by atoms with Gasteiger partial charge in [0, 0.05) is 45.1 Å². The molecule has 2 N–H and O–H groups in total. The van der Waals surface area contributed by atoms with Crippen LogP contribution in [0.5, 0.6) is 0 Å². The third-order valence-electron chi connectivity index (χ3n) is 6.75. The number of aromatic nitrogens is 2. The van der Waals surface area contributed by atoms with Gasteiger partial charge in [-0.1, -0.05) is 49.0 Å². The van der Waals surface area contributed by atoms with Crippen LogP contribution in [-0.2, 0) is 28.1 Å². The first kappa shape index (κ1) is 23.3. The molecule has 4 rings (SSSR count). The van der Waals surface area contributed by atoms with Crippen molar-refractivity contribution < 1.29 is 14.1 Å². The number of carbonyl (C=O) groups excluding carboxylic acids is 2. The van der Waals surface area contributed by atoms with Crippen LogP contribution in [-0.4, -0.2) is 35.0 Å². The second-order valence-corrected chi connectivity index (χ2v) is 9.29. The maximum absolute atomic E-state index is 12.5.